The largest absolute Gasteiger partial charge is 0.461 e. The van der Waals surface area contributed by atoms with E-state index in [0.717, 1.165) is 83.5 Å². The number of esters is 1. The van der Waals surface area contributed by atoms with Crippen LogP contribution in [0.4, 0.5) is 0 Å². The molecule has 0 fully saturated rings. The summed E-state index contributed by atoms with van der Waals surface area (Å²) in [5.41, 5.74) is 0. The first-order chi connectivity index (χ1) is 33.0. The molecule has 0 saturated heterocycles. The van der Waals surface area contributed by atoms with Gasteiger partial charge in [0.2, 0.25) is 5.91 Å². The van der Waals surface area contributed by atoms with E-state index in [1.54, 1.807) is 0 Å². The molecule has 0 aromatic heterocycles. The second kappa shape index (κ2) is 54.0. The Morgan fingerprint density at radius 2 is 0.836 bits per heavy atom. The summed E-state index contributed by atoms with van der Waals surface area (Å²) in [7, 11) is 0. The van der Waals surface area contributed by atoms with Crippen molar-refractivity contribution in [2.45, 2.75) is 283 Å². The lowest BCUT2D eigenvalue weighted by Crippen LogP contribution is -2.46. The average Bonchev–Trinajstić information content (AvgIpc) is 3.32. The third-order valence-corrected chi connectivity index (χ3v) is 12.5. The Morgan fingerprint density at radius 3 is 1.30 bits per heavy atom. The van der Waals surface area contributed by atoms with E-state index in [9.17, 15) is 19.8 Å². The van der Waals surface area contributed by atoms with Crippen LogP contribution < -0.4 is 5.32 Å². The van der Waals surface area contributed by atoms with Gasteiger partial charge in [0.05, 0.1) is 25.2 Å². The van der Waals surface area contributed by atoms with E-state index in [0.29, 0.717) is 19.3 Å². The lowest BCUT2D eigenvalue weighted by molar-refractivity contribution is -0.150. The first kappa shape index (κ1) is 64.0. The molecule has 0 aliphatic heterocycles. The highest BCUT2D eigenvalue weighted by Gasteiger charge is 2.23. The number of nitrogens with one attached hydrogen (secondary N) is 1. The molecular formula is C61H107NO5. The fraction of sp³-hybridized carbons (Fsp3) is 0.738. The van der Waals surface area contributed by atoms with Gasteiger partial charge in [-0.15, -0.1) is 0 Å². The van der Waals surface area contributed by atoms with Gasteiger partial charge in [0.25, 0.3) is 0 Å². The predicted octanol–water partition coefficient (Wildman–Crippen LogP) is 17.5. The van der Waals surface area contributed by atoms with Gasteiger partial charge in [-0.1, -0.05) is 254 Å². The highest BCUT2D eigenvalue weighted by atomic mass is 16.5. The molecule has 6 heteroatoms. The van der Waals surface area contributed by atoms with Crippen LogP contribution in [0.2, 0.25) is 0 Å². The number of carbonyl (C=O) groups is 2. The maximum Gasteiger partial charge on any atom is 0.306 e. The highest BCUT2D eigenvalue weighted by molar-refractivity contribution is 5.77. The molecule has 386 valence electrons. The molecule has 0 spiro atoms. The van der Waals surface area contributed by atoms with Crippen molar-refractivity contribution in [2.75, 3.05) is 6.61 Å². The van der Waals surface area contributed by atoms with Crippen LogP contribution in [-0.2, 0) is 14.3 Å². The Balaban J connectivity index is 4.67. The number of ether oxygens (including phenoxy) is 1. The minimum Gasteiger partial charge on any atom is -0.461 e. The first-order valence-corrected chi connectivity index (χ1v) is 28.3. The van der Waals surface area contributed by atoms with E-state index in [1.165, 1.54) is 135 Å². The summed E-state index contributed by atoms with van der Waals surface area (Å²) in [6.07, 6.45) is 70.9. The molecule has 3 atom stereocenters. The number of hydrogen-bond acceptors (Lipinski definition) is 5. The van der Waals surface area contributed by atoms with E-state index in [4.69, 9.17) is 4.74 Å². The number of aliphatic hydroxyl groups excluding tert-OH is 2. The van der Waals surface area contributed by atoms with Gasteiger partial charge in [-0.3, -0.25) is 9.59 Å². The Bertz CT molecular complexity index is 1280. The highest BCUT2D eigenvalue weighted by Crippen LogP contribution is 2.17. The Morgan fingerprint density at radius 1 is 0.463 bits per heavy atom. The van der Waals surface area contributed by atoms with Crippen molar-refractivity contribution in [1.82, 2.24) is 5.32 Å². The number of unbranched alkanes of at least 4 members (excludes halogenated alkanes) is 25. The summed E-state index contributed by atoms with van der Waals surface area (Å²) >= 11 is 0. The minimum absolute atomic E-state index is 0.00669. The second-order valence-corrected chi connectivity index (χ2v) is 19.0. The number of allylic oxidation sites excluding steroid dienone is 13. The van der Waals surface area contributed by atoms with Gasteiger partial charge in [-0.05, 0) is 77.0 Å². The predicted molar refractivity (Wildman–Crippen MR) is 291 cm³/mol. The van der Waals surface area contributed by atoms with Gasteiger partial charge in [-0.2, -0.15) is 0 Å². The fourth-order valence-corrected chi connectivity index (χ4v) is 8.19. The molecule has 0 heterocycles. The van der Waals surface area contributed by atoms with Crippen LogP contribution in [0.1, 0.15) is 265 Å². The minimum atomic E-state index is -0.818. The normalized spacial score (nSPS) is 13.8. The molecule has 6 nitrogen and oxygen atoms in total. The molecule has 3 unspecified atom stereocenters. The summed E-state index contributed by atoms with van der Waals surface area (Å²) < 4.78 is 5.89. The number of hydrogen-bond donors (Lipinski definition) is 3. The van der Waals surface area contributed by atoms with Crippen molar-refractivity contribution in [1.29, 1.82) is 0 Å². The molecule has 67 heavy (non-hydrogen) atoms. The third kappa shape index (κ3) is 49.3. The van der Waals surface area contributed by atoms with E-state index in [-0.39, 0.29) is 24.9 Å². The summed E-state index contributed by atoms with van der Waals surface area (Å²) in [6.45, 7) is 6.33. The Kier molecular flexibility index (Phi) is 51.6. The van der Waals surface area contributed by atoms with Gasteiger partial charge < -0.3 is 20.3 Å². The molecular weight excluding hydrogens is 827 g/mol. The molecule has 0 radical (unpaired) electrons. The van der Waals surface area contributed by atoms with Crippen molar-refractivity contribution < 1.29 is 24.5 Å². The monoisotopic (exact) mass is 934 g/mol. The molecule has 3 N–H and O–H groups in total. The molecule has 0 aliphatic rings. The van der Waals surface area contributed by atoms with Gasteiger partial charge in [0, 0.05) is 12.8 Å². The summed E-state index contributed by atoms with van der Waals surface area (Å²) in [6, 6.07) is -0.738. The van der Waals surface area contributed by atoms with Crippen molar-refractivity contribution in [3.8, 4) is 0 Å². The molecule has 0 saturated carbocycles. The van der Waals surface area contributed by atoms with E-state index in [1.807, 2.05) is 12.2 Å². The van der Waals surface area contributed by atoms with Crippen LogP contribution in [0, 0.1) is 0 Å². The number of aliphatic hydroxyl groups is 2. The maximum atomic E-state index is 13.2. The van der Waals surface area contributed by atoms with E-state index >= 15 is 0 Å². The SMILES string of the molecule is CC/C=C\C/C=C\C/C=C\C/C=C\C/C=C\CC(CC(=O)NC(CO)C(O)CCCCCCCCCCCCCCCCCC)OC(=O)CCCCCCCCC/C=C\C/C=C\CCCCC. The van der Waals surface area contributed by atoms with Crippen LogP contribution >= 0.6 is 0 Å². The zero-order valence-electron chi connectivity index (χ0n) is 44.0. The van der Waals surface area contributed by atoms with Crippen LogP contribution in [0.15, 0.2) is 85.1 Å². The van der Waals surface area contributed by atoms with E-state index < -0.39 is 18.2 Å². The number of carbonyl (C=O) groups excluding carboxylic acids is 2. The Hall–Kier alpha value is -2.96. The van der Waals surface area contributed by atoms with Crippen molar-refractivity contribution >= 4 is 11.9 Å². The maximum absolute atomic E-state index is 13.2. The van der Waals surface area contributed by atoms with Gasteiger partial charge in [-0.25, -0.2) is 0 Å². The van der Waals surface area contributed by atoms with Gasteiger partial charge in [0.15, 0.2) is 0 Å². The van der Waals surface area contributed by atoms with Crippen LogP contribution in [-0.4, -0.2) is 46.9 Å². The third-order valence-electron chi connectivity index (χ3n) is 12.5. The molecule has 0 aromatic rings. The molecule has 0 aliphatic carbocycles. The summed E-state index contributed by atoms with van der Waals surface area (Å²) in [5.74, 6) is -0.588. The number of amides is 1. The quantitative estimate of drug-likeness (QED) is 0.0321. The van der Waals surface area contributed by atoms with Gasteiger partial charge >= 0.3 is 5.97 Å². The topological polar surface area (TPSA) is 95.9 Å². The van der Waals surface area contributed by atoms with Crippen molar-refractivity contribution in [3.63, 3.8) is 0 Å². The van der Waals surface area contributed by atoms with Crippen LogP contribution in [0.25, 0.3) is 0 Å². The molecule has 1 amide bonds. The number of rotatable bonds is 50. The lowest BCUT2D eigenvalue weighted by Gasteiger charge is -2.24. The standard InChI is InChI=1S/C61H107NO5/c1-4-7-10-13-16-19-22-25-28-30-33-36-39-42-45-48-51-54-61(66)67-57(52-49-46-43-40-37-34-31-27-24-21-18-15-12-9-6-3)55-60(65)62-58(56-63)59(64)53-50-47-44-41-38-35-32-29-26-23-20-17-14-11-8-5-2/h9,12,16,18-19,21,25,27-28,31,37,40,46,49,57-59,63-64H,4-8,10-11,13-15,17,20,22-24,26,29-30,32-36,38-39,41-45,47-48,50-56H2,1-3H3,(H,62,65)/b12-9-,19-16-,21-18-,28-25-,31-27-,40-37-,49-46-. The van der Waals surface area contributed by atoms with E-state index in [2.05, 4.69) is 99.0 Å². The molecule has 0 aromatic carbocycles. The molecule has 0 bridgehead atoms. The van der Waals surface area contributed by atoms with Crippen LogP contribution in [0.3, 0.4) is 0 Å². The van der Waals surface area contributed by atoms with Crippen molar-refractivity contribution in [3.05, 3.63) is 85.1 Å². The summed E-state index contributed by atoms with van der Waals surface area (Å²) in [4.78, 5) is 26.2. The smallest absolute Gasteiger partial charge is 0.306 e. The Labute approximate surface area is 414 Å². The fourth-order valence-electron chi connectivity index (χ4n) is 8.19. The zero-order valence-corrected chi connectivity index (χ0v) is 44.0. The van der Waals surface area contributed by atoms with Crippen molar-refractivity contribution in [2.24, 2.45) is 0 Å². The average molecular weight is 935 g/mol. The zero-order chi connectivity index (χ0) is 48.8. The first-order valence-electron chi connectivity index (χ1n) is 28.3. The van der Waals surface area contributed by atoms with Gasteiger partial charge in [0.1, 0.15) is 6.10 Å². The lowest BCUT2D eigenvalue weighted by atomic mass is 10.0. The summed E-state index contributed by atoms with van der Waals surface area (Å²) in [5, 5.41) is 23.8. The molecule has 0 rings (SSSR count). The van der Waals surface area contributed by atoms with Crippen LogP contribution in [0.5, 0.6) is 0 Å². The second-order valence-electron chi connectivity index (χ2n) is 19.0.